The molecule has 1 aliphatic rings. The Hall–Kier alpha value is -2.55. The Morgan fingerprint density at radius 3 is 2.81 bits per heavy atom. The highest BCUT2D eigenvalue weighted by atomic mass is 32.2. The number of carbonyl (C=O) groups is 1. The second kappa shape index (κ2) is 7.99. The fraction of sp³-hybridized carbons (Fsp3) is 0.444. The van der Waals surface area contributed by atoms with Crippen molar-refractivity contribution in [2.75, 3.05) is 23.0 Å². The van der Waals surface area contributed by atoms with Crippen LogP contribution in [0.1, 0.15) is 35.1 Å². The van der Waals surface area contributed by atoms with Crippen LogP contribution in [0.3, 0.4) is 0 Å². The molecule has 0 bridgehead atoms. The summed E-state index contributed by atoms with van der Waals surface area (Å²) in [5.74, 6) is 0.367. The van der Waals surface area contributed by atoms with Gasteiger partial charge in [0.15, 0.2) is 9.84 Å². The lowest BCUT2D eigenvalue weighted by Crippen LogP contribution is -2.38. The zero-order valence-corrected chi connectivity index (χ0v) is 16.2. The van der Waals surface area contributed by atoms with Crippen LogP contribution in [0, 0.1) is 6.92 Å². The number of hydrogen-bond acceptors (Lipinski definition) is 7. The smallest absolute Gasteiger partial charge is 0.270 e. The van der Waals surface area contributed by atoms with Crippen molar-refractivity contribution in [1.82, 2.24) is 20.3 Å². The SMILES string of the molecule is CCN(c1nc(C)cc(C(=O)NCc2cccnc2)n1)C1CCS(=O)(=O)C1. The normalized spacial score (nSPS) is 18.2. The number of hydrogen-bond donors (Lipinski definition) is 1. The molecule has 1 atom stereocenters. The highest BCUT2D eigenvalue weighted by Gasteiger charge is 2.33. The van der Waals surface area contributed by atoms with Crippen LogP contribution in [0.15, 0.2) is 30.6 Å². The van der Waals surface area contributed by atoms with E-state index in [2.05, 4.69) is 20.3 Å². The van der Waals surface area contributed by atoms with Gasteiger partial charge in [-0.05, 0) is 38.0 Å². The maximum Gasteiger partial charge on any atom is 0.270 e. The summed E-state index contributed by atoms with van der Waals surface area (Å²) in [6, 6.07) is 5.15. The van der Waals surface area contributed by atoms with E-state index < -0.39 is 9.84 Å². The second-order valence-corrected chi connectivity index (χ2v) is 8.81. The van der Waals surface area contributed by atoms with E-state index in [1.54, 1.807) is 25.4 Å². The first-order valence-electron chi connectivity index (χ1n) is 8.88. The Labute approximate surface area is 159 Å². The zero-order chi connectivity index (χ0) is 19.4. The molecule has 1 saturated heterocycles. The number of amides is 1. The molecule has 1 aliphatic heterocycles. The number of nitrogens with zero attached hydrogens (tertiary/aromatic N) is 4. The number of anilines is 1. The molecular formula is C18H23N5O3S. The molecule has 1 amide bonds. The Kier molecular flexibility index (Phi) is 5.69. The van der Waals surface area contributed by atoms with Crippen LogP contribution in [0.25, 0.3) is 0 Å². The predicted octanol–water partition coefficient (Wildman–Crippen LogP) is 1.12. The minimum atomic E-state index is -3.02. The first kappa shape index (κ1) is 19.2. The van der Waals surface area contributed by atoms with Crippen molar-refractivity contribution in [1.29, 1.82) is 0 Å². The van der Waals surface area contributed by atoms with Gasteiger partial charge in [-0.1, -0.05) is 6.07 Å². The van der Waals surface area contributed by atoms with Crippen molar-refractivity contribution in [2.24, 2.45) is 0 Å². The zero-order valence-electron chi connectivity index (χ0n) is 15.4. The summed E-state index contributed by atoms with van der Waals surface area (Å²) in [6.45, 7) is 4.64. The Balaban J connectivity index is 1.77. The Morgan fingerprint density at radius 2 is 2.19 bits per heavy atom. The maximum atomic E-state index is 12.5. The van der Waals surface area contributed by atoms with Gasteiger partial charge in [-0.2, -0.15) is 0 Å². The van der Waals surface area contributed by atoms with Gasteiger partial charge in [0.2, 0.25) is 5.95 Å². The van der Waals surface area contributed by atoms with E-state index in [4.69, 9.17) is 0 Å². The number of sulfone groups is 1. The number of nitrogens with one attached hydrogen (secondary N) is 1. The van der Waals surface area contributed by atoms with Crippen LogP contribution in [-0.4, -0.2) is 53.4 Å². The maximum absolute atomic E-state index is 12.5. The van der Waals surface area contributed by atoms with Gasteiger partial charge in [0, 0.05) is 37.2 Å². The van der Waals surface area contributed by atoms with Crippen molar-refractivity contribution in [3.8, 4) is 0 Å². The minimum Gasteiger partial charge on any atom is -0.347 e. The van der Waals surface area contributed by atoms with Crippen LogP contribution in [0.5, 0.6) is 0 Å². The summed E-state index contributed by atoms with van der Waals surface area (Å²) in [4.78, 5) is 27.2. The fourth-order valence-corrected chi connectivity index (χ4v) is 4.89. The third kappa shape index (κ3) is 4.79. The summed E-state index contributed by atoms with van der Waals surface area (Å²) in [6.07, 6.45) is 3.92. The highest BCUT2D eigenvalue weighted by Crippen LogP contribution is 2.22. The van der Waals surface area contributed by atoms with E-state index in [-0.39, 0.29) is 29.1 Å². The number of pyridine rings is 1. The fourth-order valence-electron chi connectivity index (χ4n) is 3.16. The Morgan fingerprint density at radius 1 is 1.37 bits per heavy atom. The molecule has 9 heteroatoms. The van der Waals surface area contributed by atoms with Crippen molar-refractivity contribution in [3.05, 3.63) is 47.5 Å². The summed E-state index contributed by atoms with van der Waals surface area (Å²) in [5, 5.41) is 2.83. The van der Waals surface area contributed by atoms with Gasteiger partial charge in [0.25, 0.3) is 5.91 Å². The molecule has 3 rings (SSSR count). The number of aryl methyl sites for hydroxylation is 1. The average molecular weight is 389 g/mol. The molecule has 0 aliphatic carbocycles. The van der Waals surface area contributed by atoms with Gasteiger partial charge in [-0.25, -0.2) is 18.4 Å². The summed E-state index contributed by atoms with van der Waals surface area (Å²) < 4.78 is 23.6. The molecule has 1 unspecified atom stereocenters. The third-order valence-electron chi connectivity index (χ3n) is 4.50. The van der Waals surface area contributed by atoms with Crippen LogP contribution in [-0.2, 0) is 16.4 Å². The molecule has 0 spiro atoms. The highest BCUT2D eigenvalue weighted by molar-refractivity contribution is 7.91. The first-order valence-corrected chi connectivity index (χ1v) is 10.7. The molecule has 1 N–H and O–H groups in total. The van der Waals surface area contributed by atoms with Gasteiger partial charge >= 0.3 is 0 Å². The van der Waals surface area contributed by atoms with Gasteiger partial charge in [0.1, 0.15) is 5.69 Å². The molecule has 0 radical (unpaired) electrons. The average Bonchev–Trinajstić information content (AvgIpc) is 3.00. The second-order valence-electron chi connectivity index (χ2n) is 6.58. The van der Waals surface area contributed by atoms with Crippen LogP contribution >= 0.6 is 0 Å². The number of carbonyl (C=O) groups excluding carboxylic acids is 1. The van der Waals surface area contributed by atoms with Crippen LogP contribution in [0.2, 0.25) is 0 Å². The lowest BCUT2D eigenvalue weighted by atomic mass is 10.2. The van der Waals surface area contributed by atoms with Gasteiger partial charge in [-0.15, -0.1) is 0 Å². The first-order chi connectivity index (χ1) is 12.9. The molecule has 27 heavy (non-hydrogen) atoms. The van der Waals surface area contributed by atoms with Gasteiger partial charge in [-0.3, -0.25) is 9.78 Å². The molecule has 3 heterocycles. The van der Waals surface area contributed by atoms with E-state index in [0.29, 0.717) is 31.2 Å². The van der Waals surface area contributed by atoms with Crippen molar-refractivity contribution < 1.29 is 13.2 Å². The Bertz CT molecular complexity index is 918. The lowest BCUT2D eigenvalue weighted by molar-refractivity contribution is 0.0945. The van der Waals surface area contributed by atoms with E-state index in [9.17, 15) is 13.2 Å². The van der Waals surface area contributed by atoms with Gasteiger partial charge < -0.3 is 10.2 Å². The quantitative estimate of drug-likeness (QED) is 0.789. The van der Waals surface area contributed by atoms with E-state index in [1.165, 1.54) is 0 Å². The topological polar surface area (TPSA) is 105 Å². The molecule has 2 aromatic heterocycles. The van der Waals surface area contributed by atoms with Gasteiger partial charge in [0.05, 0.1) is 11.5 Å². The molecule has 0 saturated carbocycles. The lowest BCUT2D eigenvalue weighted by Gasteiger charge is -2.27. The molecule has 2 aromatic rings. The largest absolute Gasteiger partial charge is 0.347 e. The van der Waals surface area contributed by atoms with Crippen molar-refractivity contribution >= 4 is 21.7 Å². The van der Waals surface area contributed by atoms with Crippen molar-refractivity contribution in [2.45, 2.75) is 32.9 Å². The molecule has 8 nitrogen and oxygen atoms in total. The minimum absolute atomic E-state index is 0.0979. The molecular weight excluding hydrogens is 366 g/mol. The van der Waals surface area contributed by atoms with Crippen molar-refractivity contribution in [3.63, 3.8) is 0 Å². The predicted molar refractivity (Wildman–Crippen MR) is 102 cm³/mol. The van der Waals surface area contributed by atoms with Crippen LogP contribution < -0.4 is 10.2 Å². The molecule has 0 aromatic carbocycles. The summed E-state index contributed by atoms with van der Waals surface area (Å²) >= 11 is 0. The van der Waals surface area contributed by atoms with E-state index in [1.807, 2.05) is 24.0 Å². The summed E-state index contributed by atoms with van der Waals surface area (Å²) in [5.41, 5.74) is 1.81. The summed E-state index contributed by atoms with van der Waals surface area (Å²) in [7, 11) is -3.02. The van der Waals surface area contributed by atoms with E-state index in [0.717, 1.165) is 5.56 Å². The standard InChI is InChI=1S/C18H23N5O3S/c1-3-23(15-6-8-27(25,26)12-15)18-21-13(2)9-16(22-18)17(24)20-11-14-5-4-7-19-10-14/h4-5,7,9-10,15H,3,6,8,11-12H2,1-2H3,(H,20,24). The third-order valence-corrected chi connectivity index (χ3v) is 6.25. The number of rotatable bonds is 6. The van der Waals surface area contributed by atoms with E-state index >= 15 is 0 Å². The molecule has 144 valence electrons. The monoisotopic (exact) mass is 389 g/mol. The molecule has 1 fully saturated rings. The van der Waals surface area contributed by atoms with Crippen LogP contribution in [0.4, 0.5) is 5.95 Å². The number of aromatic nitrogens is 3.